The average molecular weight is 464 g/mol. The number of halogens is 1. The molecule has 1 heterocycles. The predicted molar refractivity (Wildman–Crippen MR) is 122 cm³/mol. The molecule has 3 rings (SSSR count). The van der Waals surface area contributed by atoms with Crippen LogP contribution in [0.3, 0.4) is 0 Å². The standard InChI is InChI=1S/C22H26ClN3O4S/c1-2-21(27)24-17-8-11-19(23)20(15-17)25-22(28)14-16-6-9-18(10-7-16)31(29,30)26-12-4-3-5-13-26/h6-11,15H,2-5,12-14H2,1H3,(H,24,27)(H,25,28). The van der Waals surface area contributed by atoms with Gasteiger partial charge in [-0.15, -0.1) is 0 Å². The van der Waals surface area contributed by atoms with Crippen LogP contribution < -0.4 is 10.6 Å². The summed E-state index contributed by atoms with van der Waals surface area (Å²) in [4.78, 5) is 24.3. The highest BCUT2D eigenvalue weighted by atomic mass is 35.5. The molecule has 166 valence electrons. The highest BCUT2D eigenvalue weighted by Crippen LogP contribution is 2.26. The van der Waals surface area contributed by atoms with Crippen molar-refractivity contribution in [3.05, 3.63) is 53.1 Å². The Hall–Kier alpha value is -2.42. The van der Waals surface area contributed by atoms with Crippen molar-refractivity contribution in [2.75, 3.05) is 23.7 Å². The summed E-state index contributed by atoms with van der Waals surface area (Å²) >= 11 is 6.16. The molecule has 0 aromatic heterocycles. The zero-order valence-electron chi connectivity index (χ0n) is 17.4. The van der Waals surface area contributed by atoms with Gasteiger partial charge in [-0.05, 0) is 48.7 Å². The second-order valence-electron chi connectivity index (χ2n) is 7.43. The molecule has 1 aliphatic heterocycles. The largest absolute Gasteiger partial charge is 0.326 e. The van der Waals surface area contributed by atoms with Crippen LogP contribution in [0.15, 0.2) is 47.4 Å². The molecular weight excluding hydrogens is 438 g/mol. The van der Waals surface area contributed by atoms with Gasteiger partial charge >= 0.3 is 0 Å². The number of amides is 2. The van der Waals surface area contributed by atoms with Crippen molar-refractivity contribution in [1.82, 2.24) is 4.31 Å². The lowest BCUT2D eigenvalue weighted by molar-refractivity contribution is -0.116. The van der Waals surface area contributed by atoms with Gasteiger partial charge in [0, 0.05) is 25.2 Å². The molecular formula is C22H26ClN3O4S. The van der Waals surface area contributed by atoms with Gasteiger partial charge in [-0.3, -0.25) is 9.59 Å². The second kappa shape index (κ2) is 10.3. The summed E-state index contributed by atoms with van der Waals surface area (Å²) in [6.45, 7) is 2.84. The fraction of sp³-hybridized carbons (Fsp3) is 0.364. The number of carbonyl (C=O) groups excluding carboxylic acids is 2. The monoisotopic (exact) mass is 463 g/mol. The summed E-state index contributed by atoms with van der Waals surface area (Å²) in [7, 11) is -3.50. The van der Waals surface area contributed by atoms with E-state index in [1.165, 1.54) is 4.31 Å². The smallest absolute Gasteiger partial charge is 0.243 e. The van der Waals surface area contributed by atoms with Crippen molar-refractivity contribution in [3.63, 3.8) is 0 Å². The molecule has 0 radical (unpaired) electrons. The first kappa shape index (κ1) is 23.2. The summed E-state index contributed by atoms with van der Waals surface area (Å²) in [6, 6.07) is 11.2. The lowest BCUT2D eigenvalue weighted by atomic mass is 10.1. The van der Waals surface area contributed by atoms with Crippen LogP contribution in [0.2, 0.25) is 5.02 Å². The molecule has 2 aromatic carbocycles. The number of benzene rings is 2. The lowest BCUT2D eigenvalue weighted by Gasteiger charge is -2.25. The molecule has 7 nitrogen and oxygen atoms in total. The van der Waals surface area contributed by atoms with E-state index >= 15 is 0 Å². The lowest BCUT2D eigenvalue weighted by Crippen LogP contribution is -2.35. The van der Waals surface area contributed by atoms with Crippen molar-refractivity contribution in [3.8, 4) is 0 Å². The maximum atomic E-state index is 12.7. The minimum Gasteiger partial charge on any atom is -0.326 e. The van der Waals surface area contributed by atoms with Gasteiger partial charge in [0.2, 0.25) is 21.8 Å². The first-order valence-corrected chi connectivity index (χ1v) is 12.1. The third kappa shape index (κ3) is 6.06. The number of nitrogens with zero attached hydrogens (tertiary/aromatic N) is 1. The third-order valence-corrected chi connectivity index (χ3v) is 7.33. The predicted octanol–water partition coefficient (Wildman–Crippen LogP) is 4.04. The Bertz CT molecular complexity index is 1050. The first-order valence-electron chi connectivity index (χ1n) is 10.3. The average Bonchev–Trinajstić information content (AvgIpc) is 2.77. The van der Waals surface area contributed by atoms with Crippen LogP contribution in [-0.2, 0) is 26.0 Å². The number of sulfonamides is 1. The highest BCUT2D eigenvalue weighted by Gasteiger charge is 2.25. The van der Waals surface area contributed by atoms with E-state index in [9.17, 15) is 18.0 Å². The third-order valence-electron chi connectivity index (χ3n) is 5.09. The summed E-state index contributed by atoms with van der Waals surface area (Å²) in [5.41, 5.74) is 1.62. The maximum absolute atomic E-state index is 12.7. The van der Waals surface area contributed by atoms with Gasteiger partial charge in [0.15, 0.2) is 0 Å². The molecule has 0 aliphatic carbocycles. The fourth-order valence-corrected chi connectivity index (χ4v) is 5.04. The fourth-order valence-electron chi connectivity index (χ4n) is 3.36. The Labute approximate surface area is 187 Å². The minimum absolute atomic E-state index is 0.0614. The SMILES string of the molecule is CCC(=O)Nc1ccc(Cl)c(NC(=O)Cc2ccc(S(=O)(=O)N3CCCCC3)cc2)c1. The van der Waals surface area contributed by atoms with Gasteiger partial charge in [0.05, 0.1) is 22.0 Å². The molecule has 1 aliphatic rings. The molecule has 31 heavy (non-hydrogen) atoms. The summed E-state index contributed by atoms with van der Waals surface area (Å²) in [6.07, 6.45) is 3.21. The number of hydrogen-bond donors (Lipinski definition) is 2. The van der Waals surface area contributed by atoms with Crippen molar-refractivity contribution in [2.24, 2.45) is 0 Å². The Morgan fingerprint density at radius 2 is 1.65 bits per heavy atom. The van der Waals surface area contributed by atoms with E-state index in [1.807, 2.05) is 0 Å². The highest BCUT2D eigenvalue weighted by molar-refractivity contribution is 7.89. The van der Waals surface area contributed by atoms with Crippen molar-refractivity contribution in [2.45, 2.75) is 43.9 Å². The van der Waals surface area contributed by atoms with Gasteiger partial charge in [-0.25, -0.2) is 8.42 Å². The Morgan fingerprint density at radius 1 is 0.968 bits per heavy atom. The summed E-state index contributed by atoms with van der Waals surface area (Å²) < 4.78 is 27.0. The summed E-state index contributed by atoms with van der Waals surface area (Å²) in [5.74, 6) is -0.438. The van der Waals surface area contributed by atoms with Crippen LogP contribution in [0.1, 0.15) is 38.2 Å². The van der Waals surface area contributed by atoms with Crippen LogP contribution in [0.25, 0.3) is 0 Å². The molecule has 2 aromatic rings. The molecule has 0 spiro atoms. The number of carbonyl (C=O) groups is 2. The van der Waals surface area contributed by atoms with Crippen LogP contribution in [-0.4, -0.2) is 37.6 Å². The van der Waals surface area contributed by atoms with E-state index < -0.39 is 10.0 Å². The molecule has 0 bridgehead atoms. The number of rotatable bonds is 7. The minimum atomic E-state index is -3.50. The molecule has 0 atom stereocenters. The zero-order chi connectivity index (χ0) is 22.4. The normalized spacial score (nSPS) is 14.8. The molecule has 2 amide bonds. The molecule has 2 N–H and O–H groups in total. The first-order chi connectivity index (χ1) is 14.8. The molecule has 0 unspecified atom stereocenters. The maximum Gasteiger partial charge on any atom is 0.243 e. The van der Waals surface area contributed by atoms with Gasteiger partial charge in [0.1, 0.15) is 0 Å². The zero-order valence-corrected chi connectivity index (χ0v) is 18.9. The van der Waals surface area contributed by atoms with Gasteiger partial charge in [-0.2, -0.15) is 4.31 Å². The van der Waals surface area contributed by atoms with Crippen molar-refractivity contribution in [1.29, 1.82) is 0 Å². The number of nitrogens with one attached hydrogen (secondary N) is 2. The summed E-state index contributed by atoms with van der Waals surface area (Å²) in [5, 5.41) is 5.81. The van der Waals surface area contributed by atoms with E-state index in [-0.39, 0.29) is 23.1 Å². The molecule has 1 fully saturated rings. The van der Waals surface area contributed by atoms with Crippen LogP contribution in [0.5, 0.6) is 0 Å². The van der Waals surface area contributed by atoms with Gasteiger partial charge < -0.3 is 10.6 Å². The quantitative estimate of drug-likeness (QED) is 0.647. The molecule has 9 heteroatoms. The number of hydrogen-bond acceptors (Lipinski definition) is 4. The van der Waals surface area contributed by atoms with Gasteiger partial charge in [0.25, 0.3) is 0 Å². The molecule has 0 saturated carbocycles. The Kier molecular flexibility index (Phi) is 7.69. The van der Waals surface area contributed by atoms with E-state index in [0.29, 0.717) is 41.5 Å². The number of piperidine rings is 1. The van der Waals surface area contributed by atoms with Crippen molar-refractivity contribution >= 4 is 44.8 Å². The van der Waals surface area contributed by atoms with E-state index in [0.717, 1.165) is 19.3 Å². The molecule has 1 saturated heterocycles. The van der Waals surface area contributed by atoms with Crippen LogP contribution >= 0.6 is 11.6 Å². The van der Waals surface area contributed by atoms with Crippen LogP contribution in [0.4, 0.5) is 11.4 Å². The Balaban J connectivity index is 1.65. The Morgan fingerprint density at radius 3 is 2.29 bits per heavy atom. The van der Waals surface area contributed by atoms with E-state index in [1.54, 1.807) is 49.4 Å². The van der Waals surface area contributed by atoms with Crippen LogP contribution in [0, 0.1) is 0 Å². The van der Waals surface area contributed by atoms with E-state index in [4.69, 9.17) is 11.6 Å². The van der Waals surface area contributed by atoms with Crippen molar-refractivity contribution < 1.29 is 18.0 Å². The van der Waals surface area contributed by atoms with E-state index in [2.05, 4.69) is 10.6 Å². The number of anilines is 2. The van der Waals surface area contributed by atoms with Gasteiger partial charge in [-0.1, -0.05) is 37.1 Å². The topological polar surface area (TPSA) is 95.6 Å². The second-order valence-corrected chi connectivity index (χ2v) is 9.78.